The molecule has 2 heterocycles. The molecule has 148 valence electrons. The zero-order chi connectivity index (χ0) is 18.4. The van der Waals surface area contributed by atoms with Crippen molar-refractivity contribution in [1.82, 2.24) is 20.3 Å². The van der Waals surface area contributed by atoms with Gasteiger partial charge in [0.05, 0.1) is 12.2 Å². The van der Waals surface area contributed by atoms with E-state index >= 15 is 0 Å². The van der Waals surface area contributed by atoms with Crippen molar-refractivity contribution in [3.63, 3.8) is 0 Å². The molecule has 1 N–H and O–H groups in total. The lowest BCUT2D eigenvalue weighted by Gasteiger charge is -2.36. The summed E-state index contributed by atoms with van der Waals surface area (Å²) in [4.78, 5) is 9.15. The molecule has 1 fully saturated rings. The van der Waals surface area contributed by atoms with Gasteiger partial charge < -0.3 is 14.7 Å². The molecule has 1 saturated heterocycles. The van der Waals surface area contributed by atoms with Gasteiger partial charge in [-0.1, -0.05) is 35.8 Å². The van der Waals surface area contributed by atoms with Crippen molar-refractivity contribution in [1.29, 1.82) is 0 Å². The number of aryl methyl sites for hydroxylation is 1. The number of nitrogens with zero attached hydrogens (tertiary/aromatic N) is 4. The normalized spacial score (nSPS) is 15.5. The van der Waals surface area contributed by atoms with Crippen LogP contribution in [0.3, 0.4) is 0 Å². The third-order valence-corrected chi connectivity index (χ3v) is 4.85. The zero-order valence-corrected chi connectivity index (χ0v) is 18.9. The largest absolute Gasteiger partial charge is 0.359 e. The van der Waals surface area contributed by atoms with Crippen LogP contribution >= 0.6 is 35.6 Å². The van der Waals surface area contributed by atoms with Crippen LogP contribution < -0.4 is 5.32 Å². The van der Waals surface area contributed by atoms with Crippen molar-refractivity contribution >= 4 is 41.5 Å². The summed E-state index contributed by atoms with van der Waals surface area (Å²) in [5, 5.41) is 8.18. The second kappa shape index (κ2) is 10.9. The van der Waals surface area contributed by atoms with Gasteiger partial charge >= 0.3 is 0 Å². The van der Waals surface area contributed by atoms with Crippen LogP contribution in [0.15, 0.2) is 39.8 Å². The van der Waals surface area contributed by atoms with E-state index in [9.17, 15) is 0 Å². The lowest BCUT2D eigenvalue weighted by Crippen LogP contribution is -2.52. The summed E-state index contributed by atoms with van der Waals surface area (Å²) < 4.78 is 5.33. The van der Waals surface area contributed by atoms with Crippen LogP contribution in [-0.4, -0.2) is 54.1 Å². The van der Waals surface area contributed by atoms with Crippen LogP contribution in [0, 0.1) is 0 Å². The Hall–Kier alpha value is -1.32. The summed E-state index contributed by atoms with van der Waals surface area (Å²) in [5.41, 5.74) is 2.27. The SMILES string of the molecule is CCc1cc(CNC(=NC)N2CCN(Cc3ccc(Cl)cc3)CC2)on1.I. The number of rotatable bonds is 5. The fraction of sp³-hybridized carbons (Fsp3) is 0.474. The highest BCUT2D eigenvalue weighted by atomic mass is 127. The van der Waals surface area contributed by atoms with Gasteiger partial charge in [-0.05, 0) is 24.1 Å². The Kier molecular flexibility index (Phi) is 8.85. The molecule has 0 radical (unpaired) electrons. The van der Waals surface area contributed by atoms with E-state index in [1.807, 2.05) is 25.2 Å². The zero-order valence-electron chi connectivity index (χ0n) is 15.8. The predicted molar refractivity (Wildman–Crippen MR) is 120 cm³/mol. The van der Waals surface area contributed by atoms with Gasteiger partial charge in [-0.15, -0.1) is 24.0 Å². The molecule has 1 aromatic heterocycles. The highest BCUT2D eigenvalue weighted by Gasteiger charge is 2.19. The predicted octanol–water partition coefficient (Wildman–Crippen LogP) is 3.40. The monoisotopic (exact) mass is 503 g/mol. The molecule has 1 aromatic carbocycles. The first kappa shape index (κ1) is 22.0. The summed E-state index contributed by atoms with van der Waals surface area (Å²) in [7, 11) is 1.82. The summed E-state index contributed by atoms with van der Waals surface area (Å²) >= 11 is 5.96. The maximum Gasteiger partial charge on any atom is 0.194 e. The Morgan fingerprint density at radius 1 is 1.22 bits per heavy atom. The van der Waals surface area contributed by atoms with E-state index in [0.717, 1.165) is 61.6 Å². The van der Waals surface area contributed by atoms with Gasteiger partial charge in [-0.2, -0.15) is 0 Å². The molecule has 1 aliphatic rings. The van der Waals surface area contributed by atoms with E-state index in [4.69, 9.17) is 16.1 Å². The summed E-state index contributed by atoms with van der Waals surface area (Å²) in [6, 6.07) is 10.1. The van der Waals surface area contributed by atoms with Crippen LogP contribution in [0.25, 0.3) is 0 Å². The number of aliphatic imine (C=N–C) groups is 1. The first-order valence-electron chi connectivity index (χ1n) is 9.04. The maximum absolute atomic E-state index is 5.96. The van der Waals surface area contributed by atoms with Crippen LogP contribution in [0.1, 0.15) is 23.9 Å². The first-order chi connectivity index (χ1) is 12.7. The molecule has 8 heteroatoms. The molecule has 3 rings (SSSR count). The van der Waals surface area contributed by atoms with Crippen molar-refractivity contribution < 1.29 is 4.52 Å². The van der Waals surface area contributed by atoms with E-state index in [0.29, 0.717) is 6.54 Å². The molecule has 0 atom stereocenters. The number of halogens is 2. The average molecular weight is 504 g/mol. The quantitative estimate of drug-likeness (QED) is 0.385. The Balaban J connectivity index is 0.00000261. The summed E-state index contributed by atoms with van der Waals surface area (Å²) in [5.74, 6) is 1.75. The molecule has 0 bridgehead atoms. The molecular weight excluding hydrogens is 477 g/mol. The number of hydrogen-bond donors (Lipinski definition) is 1. The molecule has 1 aliphatic heterocycles. The van der Waals surface area contributed by atoms with Gasteiger partial charge in [0.2, 0.25) is 0 Å². The Labute approximate surface area is 183 Å². The van der Waals surface area contributed by atoms with E-state index in [1.165, 1.54) is 5.56 Å². The standard InChI is InChI=1S/C19H26ClN5O.HI/c1-3-17-12-18(26-23-17)13-22-19(21-2)25-10-8-24(9-11-25)14-15-4-6-16(20)7-5-15;/h4-7,12H,3,8-11,13-14H2,1-2H3,(H,21,22);1H. The van der Waals surface area contributed by atoms with Crippen molar-refractivity contribution in [3.05, 3.63) is 52.4 Å². The van der Waals surface area contributed by atoms with Gasteiger partial charge in [0.15, 0.2) is 11.7 Å². The van der Waals surface area contributed by atoms with Crippen LogP contribution in [0.5, 0.6) is 0 Å². The van der Waals surface area contributed by atoms with Gasteiger partial charge in [0, 0.05) is 50.9 Å². The molecule has 2 aromatic rings. The molecular formula is C19H27ClIN5O. The second-order valence-electron chi connectivity index (χ2n) is 6.43. The lowest BCUT2D eigenvalue weighted by atomic mass is 10.2. The van der Waals surface area contributed by atoms with Crippen molar-refractivity contribution in [2.45, 2.75) is 26.4 Å². The van der Waals surface area contributed by atoms with E-state index < -0.39 is 0 Å². The molecule has 0 saturated carbocycles. The minimum atomic E-state index is 0. The Morgan fingerprint density at radius 3 is 2.52 bits per heavy atom. The maximum atomic E-state index is 5.96. The Morgan fingerprint density at radius 2 is 1.93 bits per heavy atom. The molecule has 0 amide bonds. The van der Waals surface area contributed by atoms with Gasteiger partial charge in [-0.3, -0.25) is 9.89 Å². The minimum absolute atomic E-state index is 0. The smallest absolute Gasteiger partial charge is 0.194 e. The third-order valence-electron chi connectivity index (χ3n) is 4.59. The summed E-state index contributed by atoms with van der Waals surface area (Å²) in [6.07, 6.45) is 0.883. The molecule has 0 aliphatic carbocycles. The highest BCUT2D eigenvalue weighted by molar-refractivity contribution is 14.0. The highest BCUT2D eigenvalue weighted by Crippen LogP contribution is 2.13. The second-order valence-corrected chi connectivity index (χ2v) is 6.86. The molecule has 0 spiro atoms. The van der Waals surface area contributed by atoms with Crippen molar-refractivity contribution in [3.8, 4) is 0 Å². The molecule has 27 heavy (non-hydrogen) atoms. The number of piperazine rings is 1. The van der Waals surface area contributed by atoms with Gasteiger partial charge in [0.25, 0.3) is 0 Å². The van der Waals surface area contributed by atoms with Crippen LogP contribution in [0.4, 0.5) is 0 Å². The summed E-state index contributed by atoms with van der Waals surface area (Å²) in [6.45, 7) is 7.53. The van der Waals surface area contributed by atoms with Crippen LogP contribution in [-0.2, 0) is 19.5 Å². The number of hydrogen-bond acceptors (Lipinski definition) is 4. The lowest BCUT2D eigenvalue weighted by molar-refractivity contribution is 0.172. The van der Waals surface area contributed by atoms with E-state index in [-0.39, 0.29) is 24.0 Å². The number of benzene rings is 1. The number of guanidine groups is 1. The molecule has 0 unspecified atom stereocenters. The molecule has 6 nitrogen and oxygen atoms in total. The topological polar surface area (TPSA) is 56.9 Å². The van der Waals surface area contributed by atoms with Crippen LogP contribution in [0.2, 0.25) is 5.02 Å². The average Bonchev–Trinajstić information content (AvgIpc) is 3.13. The minimum Gasteiger partial charge on any atom is -0.359 e. The van der Waals surface area contributed by atoms with Crippen molar-refractivity contribution in [2.75, 3.05) is 33.2 Å². The fourth-order valence-corrected chi connectivity index (χ4v) is 3.20. The van der Waals surface area contributed by atoms with E-state index in [1.54, 1.807) is 0 Å². The number of nitrogens with one attached hydrogen (secondary N) is 1. The number of aromatic nitrogens is 1. The fourth-order valence-electron chi connectivity index (χ4n) is 3.07. The van der Waals surface area contributed by atoms with Crippen molar-refractivity contribution in [2.24, 2.45) is 4.99 Å². The first-order valence-corrected chi connectivity index (χ1v) is 9.42. The third kappa shape index (κ3) is 6.36. The van der Waals surface area contributed by atoms with Gasteiger partial charge in [-0.25, -0.2) is 0 Å². The van der Waals surface area contributed by atoms with E-state index in [2.05, 4.69) is 44.3 Å². The van der Waals surface area contributed by atoms with Gasteiger partial charge in [0.1, 0.15) is 0 Å². The Bertz CT molecular complexity index is 726.